The van der Waals surface area contributed by atoms with Crippen LogP contribution in [0.4, 0.5) is 0 Å². The highest BCUT2D eigenvalue weighted by Gasteiger charge is 2.25. The molecule has 1 heterocycles. The van der Waals surface area contributed by atoms with E-state index >= 15 is 0 Å². The zero-order valence-corrected chi connectivity index (χ0v) is 10.6. The average Bonchev–Trinajstić information content (AvgIpc) is 2.34. The van der Waals surface area contributed by atoms with Crippen molar-refractivity contribution in [1.82, 2.24) is 4.90 Å². The average molecular weight is 231 g/mol. The second-order valence-electron chi connectivity index (χ2n) is 4.85. The van der Waals surface area contributed by atoms with Gasteiger partial charge in [0.25, 0.3) is 0 Å². The molecule has 0 saturated carbocycles. The van der Waals surface area contributed by atoms with Crippen LogP contribution in [0, 0.1) is 0 Å². The van der Waals surface area contributed by atoms with Crippen LogP contribution in [0.3, 0.4) is 0 Å². The summed E-state index contributed by atoms with van der Waals surface area (Å²) >= 11 is 0. The molecule has 2 heteroatoms. The predicted molar refractivity (Wildman–Crippen MR) is 70.8 cm³/mol. The maximum atomic E-state index is 9.65. The molecule has 1 aliphatic rings. The molecule has 1 aliphatic heterocycles. The van der Waals surface area contributed by atoms with E-state index in [0.717, 1.165) is 13.0 Å². The van der Waals surface area contributed by atoms with Gasteiger partial charge in [-0.25, -0.2) is 0 Å². The van der Waals surface area contributed by atoms with Crippen LogP contribution >= 0.6 is 0 Å². The van der Waals surface area contributed by atoms with Gasteiger partial charge in [-0.2, -0.15) is 0 Å². The predicted octanol–water partition coefficient (Wildman–Crippen LogP) is 2.76. The minimum Gasteiger partial charge on any atom is -0.394 e. The highest BCUT2D eigenvalue weighted by atomic mass is 16.3. The highest BCUT2D eigenvalue weighted by molar-refractivity contribution is 5.21. The van der Waals surface area contributed by atoms with Gasteiger partial charge < -0.3 is 5.11 Å². The SMILES string of the molecule is CC1=C[C@H](C)N([C@@H](CO)c2ccccc2)CC1. The lowest BCUT2D eigenvalue weighted by Crippen LogP contribution is -2.40. The van der Waals surface area contributed by atoms with Gasteiger partial charge in [0.15, 0.2) is 0 Å². The summed E-state index contributed by atoms with van der Waals surface area (Å²) in [5.74, 6) is 0. The van der Waals surface area contributed by atoms with Crippen molar-refractivity contribution < 1.29 is 5.11 Å². The Balaban J connectivity index is 2.20. The van der Waals surface area contributed by atoms with Gasteiger partial charge in [-0.1, -0.05) is 42.0 Å². The van der Waals surface area contributed by atoms with Gasteiger partial charge in [0.05, 0.1) is 12.6 Å². The fourth-order valence-electron chi connectivity index (χ4n) is 2.62. The summed E-state index contributed by atoms with van der Waals surface area (Å²) in [5, 5.41) is 9.65. The Bertz CT molecular complexity index is 385. The van der Waals surface area contributed by atoms with E-state index in [2.05, 4.69) is 37.0 Å². The second kappa shape index (κ2) is 5.48. The van der Waals surface area contributed by atoms with Crippen molar-refractivity contribution in [1.29, 1.82) is 0 Å². The Morgan fingerprint density at radius 2 is 2.06 bits per heavy atom. The normalized spacial score (nSPS) is 23.2. The molecule has 0 saturated heterocycles. The minimum absolute atomic E-state index is 0.121. The molecule has 1 aromatic rings. The van der Waals surface area contributed by atoms with Crippen molar-refractivity contribution in [2.24, 2.45) is 0 Å². The number of aliphatic hydroxyl groups excluding tert-OH is 1. The van der Waals surface area contributed by atoms with E-state index in [-0.39, 0.29) is 12.6 Å². The number of hydrogen-bond acceptors (Lipinski definition) is 2. The van der Waals surface area contributed by atoms with Crippen LogP contribution in [0.2, 0.25) is 0 Å². The molecule has 0 spiro atoms. The third kappa shape index (κ3) is 2.76. The van der Waals surface area contributed by atoms with Crippen LogP contribution in [0.15, 0.2) is 42.0 Å². The molecule has 92 valence electrons. The number of hydrogen-bond donors (Lipinski definition) is 1. The van der Waals surface area contributed by atoms with E-state index in [1.165, 1.54) is 11.1 Å². The van der Waals surface area contributed by atoms with Crippen molar-refractivity contribution >= 4 is 0 Å². The summed E-state index contributed by atoms with van der Waals surface area (Å²) in [6.07, 6.45) is 3.41. The Morgan fingerprint density at radius 1 is 1.35 bits per heavy atom. The Kier molecular flexibility index (Phi) is 3.97. The van der Waals surface area contributed by atoms with Gasteiger partial charge >= 0.3 is 0 Å². The first-order valence-electron chi connectivity index (χ1n) is 6.31. The quantitative estimate of drug-likeness (QED) is 0.809. The van der Waals surface area contributed by atoms with Gasteiger partial charge in [-0.3, -0.25) is 4.90 Å². The largest absolute Gasteiger partial charge is 0.394 e. The maximum absolute atomic E-state index is 9.65. The van der Waals surface area contributed by atoms with Crippen molar-refractivity contribution in [3.05, 3.63) is 47.5 Å². The molecule has 0 amide bonds. The molecule has 0 bridgehead atoms. The van der Waals surface area contributed by atoms with Crippen LogP contribution < -0.4 is 0 Å². The molecule has 2 rings (SSSR count). The zero-order chi connectivity index (χ0) is 12.3. The zero-order valence-electron chi connectivity index (χ0n) is 10.6. The summed E-state index contributed by atoms with van der Waals surface area (Å²) < 4.78 is 0. The van der Waals surface area contributed by atoms with E-state index < -0.39 is 0 Å². The summed E-state index contributed by atoms with van der Waals surface area (Å²) in [5.41, 5.74) is 2.66. The Hall–Kier alpha value is -1.12. The molecule has 2 atom stereocenters. The minimum atomic E-state index is 0.121. The third-order valence-corrected chi connectivity index (χ3v) is 3.57. The topological polar surface area (TPSA) is 23.5 Å². The van der Waals surface area contributed by atoms with Crippen LogP contribution in [0.1, 0.15) is 31.9 Å². The van der Waals surface area contributed by atoms with Crippen LogP contribution in [-0.4, -0.2) is 29.2 Å². The van der Waals surface area contributed by atoms with Crippen molar-refractivity contribution in [3.8, 4) is 0 Å². The molecular formula is C15H21NO. The van der Waals surface area contributed by atoms with Crippen molar-refractivity contribution in [2.75, 3.05) is 13.2 Å². The van der Waals surface area contributed by atoms with E-state index in [1.807, 2.05) is 18.2 Å². The smallest absolute Gasteiger partial charge is 0.0628 e. The first kappa shape index (κ1) is 12.3. The maximum Gasteiger partial charge on any atom is 0.0628 e. The number of aliphatic hydroxyl groups is 1. The summed E-state index contributed by atoms with van der Waals surface area (Å²) in [4.78, 5) is 2.38. The van der Waals surface area contributed by atoms with Gasteiger partial charge in [0, 0.05) is 12.6 Å². The Morgan fingerprint density at radius 3 is 2.65 bits per heavy atom. The van der Waals surface area contributed by atoms with Crippen molar-refractivity contribution in [3.63, 3.8) is 0 Å². The van der Waals surface area contributed by atoms with Crippen LogP contribution in [-0.2, 0) is 0 Å². The summed E-state index contributed by atoms with van der Waals surface area (Å²) in [7, 11) is 0. The molecule has 1 N–H and O–H groups in total. The number of rotatable bonds is 3. The van der Waals surface area contributed by atoms with Gasteiger partial charge in [-0.05, 0) is 25.8 Å². The fraction of sp³-hybridized carbons (Fsp3) is 0.467. The highest BCUT2D eigenvalue weighted by Crippen LogP contribution is 2.27. The van der Waals surface area contributed by atoms with E-state index in [9.17, 15) is 5.11 Å². The number of benzene rings is 1. The van der Waals surface area contributed by atoms with E-state index in [4.69, 9.17) is 0 Å². The Labute approximate surface area is 104 Å². The fourth-order valence-corrected chi connectivity index (χ4v) is 2.62. The molecule has 0 aromatic heterocycles. The lowest BCUT2D eigenvalue weighted by molar-refractivity contribution is 0.101. The van der Waals surface area contributed by atoms with Crippen LogP contribution in [0.5, 0.6) is 0 Å². The number of nitrogens with zero attached hydrogens (tertiary/aromatic N) is 1. The van der Waals surface area contributed by atoms with E-state index in [1.54, 1.807) is 0 Å². The van der Waals surface area contributed by atoms with Gasteiger partial charge in [-0.15, -0.1) is 0 Å². The molecule has 0 unspecified atom stereocenters. The lowest BCUT2D eigenvalue weighted by Gasteiger charge is -2.37. The third-order valence-electron chi connectivity index (χ3n) is 3.57. The summed E-state index contributed by atoms with van der Waals surface area (Å²) in [6, 6.07) is 10.8. The lowest BCUT2D eigenvalue weighted by atomic mass is 9.98. The van der Waals surface area contributed by atoms with Crippen LogP contribution in [0.25, 0.3) is 0 Å². The van der Waals surface area contributed by atoms with E-state index in [0.29, 0.717) is 6.04 Å². The molecule has 0 fully saturated rings. The van der Waals surface area contributed by atoms with Crippen molar-refractivity contribution in [2.45, 2.75) is 32.4 Å². The second-order valence-corrected chi connectivity index (χ2v) is 4.85. The first-order valence-corrected chi connectivity index (χ1v) is 6.31. The van der Waals surface area contributed by atoms with Gasteiger partial charge in [0.2, 0.25) is 0 Å². The molecule has 0 radical (unpaired) electrons. The molecule has 0 aliphatic carbocycles. The van der Waals surface area contributed by atoms with Gasteiger partial charge in [0.1, 0.15) is 0 Å². The molecule has 2 nitrogen and oxygen atoms in total. The standard InChI is InChI=1S/C15H21NO/c1-12-8-9-16(13(2)10-12)15(11-17)14-6-4-3-5-7-14/h3-7,10,13,15,17H,8-9,11H2,1-2H3/t13-,15-/m0/s1. The molecular weight excluding hydrogens is 210 g/mol. The monoisotopic (exact) mass is 231 g/mol. The summed E-state index contributed by atoms with van der Waals surface area (Å²) in [6.45, 7) is 5.60. The molecule has 17 heavy (non-hydrogen) atoms. The first-order chi connectivity index (χ1) is 8.22. The molecule has 1 aromatic carbocycles.